The fourth-order valence-corrected chi connectivity index (χ4v) is 4.28. The monoisotopic (exact) mass is 448 g/mol. The molecular weight excluding hydrogens is 412 g/mol. The number of imide groups is 1. The number of piperazine rings is 1. The first-order valence-electron chi connectivity index (χ1n) is 10.8. The standard InChI is InChI=1S/C22H36N4O4Si/c1-15(2)20-17(12-18-21(29)26(16(3)27)13-19(28)24-18)23-14-25(20)10-9-11-30-31(7,8)22(4,5)6/h12,14-15H,9-11,13H2,1-8H3,(H,24,28)/b18-12-. The summed E-state index contributed by atoms with van der Waals surface area (Å²) in [6.45, 7) is 17.7. The normalized spacial score (nSPS) is 16.9. The van der Waals surface area contributed by atoms with E-state index in [-0.39, 0.29) is 23.2 Å². The van der Waals surface area contributed by atoms with Crippen molar-refractivity contribution < 1.29 is 18.8 Å². The highest BCUT2D eigenvalue weighted by Crippen LogP contribution is 2.36. The molecule has 0 aromatic carbocycles. The van der Waals surface area contributed by atoms with Crippen LogP contribution in [0.3, 0.4) is 0 Å². The van der Waals surface area contributed by atoms with Gasteiger partial charge in [0.2, 0.25) is 11.8 Å². The molecule has 9 heteroatoms. The average Bonchev–Trinajstić information content (AvgIpc) is 3.03. The number of amides is 3. The van der Waals surface area contributed by atoms with E-state index in [9.17, 15) is 14.4 Å². The average molecular weight is 449 g/mol. The second kappa shape index (κ2) is 9.48. The van der Waals surface area contributed by atoms with E-state index in [1.807, 2.05) is 0 Å². The minimum Gasteiger partial charge on any atom is -0.417 e. The molecule has 3 amide bonds. The summed E-state index contributed by atoms with van der Waals surface area (Å²) in [7, 11) is -1.78. The lowest BCUT2D eigenvalue weighted by atomic mass is 10.1. The Hall–Kier alpha value is -2.26. The predicted molar refractivity (Wildman–Crippen MR) is 123 cm³/mol. The molecule has 0 aliphatic carbocycles. The van der Waals surface area contributed by atoms with Crippen LogP contribution in [0.2, 0.25) is 18.1 Å². The number of rotatable bonds is 7. The number of aromatic nitrogens is 2. The molecule has 0 unspecified atom stereocenters. The molecule has 0 radical (unpaired) electrons. The molecule has 2 rings (SSSR count). The van der Waals surface area contributed by atoms with Crippen molar-refractivity contribution >= 4 is 32.1 Å². The maximum Gasteiger partial charge on any atom is 0.277 e. The van der Waals surface area contributed by atoms with Crippen molar-refractivity contribution in [3.8, 4) is 0 Å². The Morgan fingerprint density at radius 2 is 1.97 bits per heavy atom. The second-order valence-corrected chi connectivity index (χ2v) is 14.7. The number of imidazole rings is 1. The van der Waals surface area contributed by atoms with Crippen LogP contribution in [0.4, 0.5) is 0 Å². The van der Waals surface area contributed by atoms with Crippen molar-refractivity contribution in [1.29, 1.82) is 0 Å². The molecule has 8 nitrogen and oxygen atoms in total. The van der Waals surface area contributed by atoms with Crippen LogP contribution < -0.4 is 5.32 Å². The van der Waals surface area contributed by atoms with Crippen molar-refractivity contribution in [1.82, 2.24) is 19.8 Å². The predicted octanol–water partition coefficient (Wildman–Crippen LogP) is 3.26. The Morgan fingerprint density at radius 3 is 2.52 bits per heavy atom. The maximum absolute atomic E-state index is 12.6. The molecule has 2 heterocycles. The molecule has 1 aliphatic heterocycles. The van der Waals surface area contributed by atoms with Gasteiger partial charge in [0.05, 0.1) is 12.0 Å². The van der Waals surface area contributed by atoms with Gasteiger partial charge in [-0.05, 0) is 36.5 Å². The van der Waals surface area contributed by atoms with Crippen molar-refractivity contribution in [2.24, 2.45) is 0 Å². The summed E-state index contributed by atoms with van der Waals surface area (Å²) in [5, 5.41) is 2.75. The topological polar surface area (TPSA) is 93.5 Å². The molecule has 0 atom stereocenters. The van der Waals surface area contributed by atoms with Gasteiger partial charge >= 0.3 is 0 Å². The molecule has 0 saturated carbocycles. The summed E-state index contributed by atoms with van der Waals surface area (Å²) in [4.78, 5) is 41.6. The fourth-order valence-electron chi connectivity index (χ4n) is 3.20. The SMILES string of the molecule is CC(=O)N1CC(=O)N/C(=C\c2ncn(CCCO[Si](C)(C)C(C)(C)C)c2C(C)C)C1=O. The third kappa shape index (κ3) is 5.91. The van der Waals surface area contributed by atoms with E-state index in [0.717, 1.165) is 23.6 Å². The zero-order valence-electron chi connectivity index (χ0n) is 20.0. The van der Waals surface area contributed by atoms with Crippen LogP contribution >= 0.6 is 0 Å². The van der Waals surface area contributed by atoms with E-state index < -0.39 is 26.0 Å². The summed E-state index contributed by atoms with van der Waals surface area (Å²) >= 11 is 0. The molecular formula is C22H36N4O4Si. The van der Waals surface area contributed by atoms with Crippen LogP contribution in [0.25, 0.3) is 6.08 Å². The van der Waals surface area contributed by atoms with E-state index in [1.54, 1.807) is 12.4 Å². The summed E-state index contributed by atoms with van der Waals surface area (Å²) in [6, 6.07) is 0. The molecule has 1 N–H and O–H groups in total. The Bertz CT molecular complexity index is 881. The largest absolute Gasteiger partial charge is 0.417 e. The highest BCUT2D eigenvalue weighted by molar-refractivity contribution is 6.74. The Kier molecular flexibility index (Phi) is 7.64. The lowest BCUT2D eigenvalue weighted by Gasteiger charge is -2.36. The van der Waals surface area contributed by atoms with E-state index in [1.165, 1.54) is 6.92 Å². The van der Waals surface area contributed by atoms with Gasteiger partial charge in [0.15, 0.2) is 8.32 Å². The fraction of sp³-hybridized carbons (Fsp3) is 0.636. The number of hydrogen-bond donors (Lipinski definition) is 1. The highest BCUT2D eigenvalue weighted by Gasteiger charge is 2.37. The maximum atomic E-state index is 12.6. The van der Waals surface area contributed by atoms with Crippen LogP contribution in [-0.4, -0.2) is 53.6 Å². The zero-order chi connectivity index (χ0) is 23.6. The molecule has 1 aromatic heterocycles. The van der Waals surface area contributed by atoms with Gasteiger partial charge in [-0.15, -0.1) is 0 Å². The number of nitrogens with zero attached hydrogens (tertiary/aromatic N) is 3. The van der Waals surface area contributed by atoms with E-state index in [2.05, 4.69) is 62.6 Å². The summed E-state index contributed by atoms with van der Waals surface area (Å²) in [5.41, 5.74) is 1.66. The van der Waals surface area contributed by atoms with E-state index >= 15 is 0 Å². The van der Waals surface area contributed by atoms with Crippen molar-refractivity contribution in [2.75, 3.05) is 13.2 Å². The van der Waals surface area contributed by atoms with Gasteiger partial charge in [-0.2, -0.15) is 0 Å². The third-order valence-corrected chi connectivity index (χ3v) is 10.5. The number of aryl methyl sites for hydroxylation is 1. The molecule has 0 spiro atoms. The number of nitrogens with one attached hydrogen (secondary N) is 1. The Labute approximate surface area is 186 Å². The van der Waals surface area contributed by atoms with Crippen LogP contribution in [-0.2, 0) is 25.4 Å². The van der Waals surface area contributed by atoms with Gasteiger partial charge in [0.25, 0.3) is 5.91 Å². The molecule has 1 fully saturated rings. The van der Waals surface area contributed by atoms with Crippen LogP contribution in [0, 0.1) is 0 Å². The quantitative estimate of drug-likeness (QED) is 0.393. The van der Waals surface area contributed by atoms with Gasteiger partial charge in [-0.25, -0.2) is 4.98 Å². The highest BCUT2D eigenvalue weighted by atomic mass is 28.4. The minimum absolute atomic E-state index is 0.0693. The molecule has 172 valence electrons. The number of carbonyl (C=O) groups excluding carboxylic acids is 3. The van der Waals surface area contributed by atoms with E-state index in [0.29, 0.717) is 12.3 Å². The summed E-state index contributed by atoms with van der Waals surface area (Å²) in [5.74, 6) is -1.20. The second-order valence-electron chi connectivity index (χ2n) is 9.84. The number of carbonyl (C=O) groups is 3. The Balaban J connectivity index is 2.17. The van der Waals surface area contributed by atoms with Crippen molar-refractivity contribution in [3.05, 3.63) is 23.4 Å². The first kappa shape index (κ1) is 25.0. The summed E-state index contributed by atoms with van der Waals surface area (Å²) < 4.78 is 8.34. The van der Waals surface area contributed by atoms with Crippen molar-refractivity contribution in [3.63, 3.8) is 0 Å². The number of hydrogen-bond acceptors (Lipinski definition) is 5. The zero-order valence-corrected chi connectivity index (χ0v) is 21.0. The van der Waals surface area contributed by atoms with Crippen LogP contribution in [0.15, 0.2) is 12.0 Å². The first-order valence-corrected chi connectivity index (χ1v) is 13.7. The molecule has 0 bridgehead atoms. The van der Waals surface area contributed by atoms with Gasteiger partial charge in [0, 0.05) is 25.8 Å². The molecule has 31 heavy (non-hydrogen) atoms. The lowest BCUT2D eigenvalue weighted by Crippen LogP contribution is -2.51. The van der Waals surface area contributed by atoms with Crippen LogP contribution in [0.1, 0.15) is 65.3 Å². The van der Waals surface area contributed by atoms with Crippen LogP contribution in [0.5, 0.6) is 0 Å². The molecule has 1 saturated heterocycles. The first-order chi connectivity index (χ1) is 14.2. The molecule has 1 aliphatic rings. The smallest absolute Gasteiger partial charge is 0.277 e. The minimum atomic E-state index is -1.78. The lowest BCUT2D eigenvalue weighted by molar-refractivity contribution is -0.147. The van der Waals surface area contributed by atoms with Gasteiger partial charge in [-0.1, -0.05) is 34.6 Å². The van der Waals surface area contributed by atoms with Gasteiger partial charge in [0.1, 0.15) is 12.2 Å². The van der Waals surface area contributed by atoms with Gasteiger partial charge < -0.3 is 14.3 Å². The van der Waals surface area contributed by atoms with E-state index in [4.69, 9.17) is 4.43 Å². The molecule has 1 aromatic rings. The Morgan fingerprint density at radius 1 is 1.32 bits per heavy atom. The van der Waals surface area contributed by atoms with Gasteiger partial charge in [-0.3, -0.25) is 19.3 Å². The summed E-state index contributed by atoms with van der Waals surface area (Å²) in [6.07, 6.45) is 4.17. The third-order valence-electron chi connectivity index (χ3n) is 5.98. The van der Waals surface area contributed by atoms with Crippen molar-refractivity contribution in [2.45, 2.75) is 78.6 Å².